The third-order valence-corrected chi connectivity index (χ3v) is 6.61. The predicted octanol–water partition coefficient (Wildman–Crippen LogP) is 4.54. The van der Waals surface area contributed by atoms with Crippen LogP contribution in [0.1, 0.15) is 24.0 Å². The van der Waals surface area contributed by atoms with Gasteiger partial charge >= 0.3 is 10.3 Å². The molecule has 37 heavy (non-hydrogen) atoms. The van der Waals surface area contributed by atoms with E-state index in [9.17, 15) is 17.8 Å². The Balaban J connectivity index is 2.15. The number of anilines is 1. The third kappa shape index (κ3) is 4.87. The van der Waals surface area contributed by atoms with E-state index in [1.54, 1.807) is 6.07 Å². The van der Waals surface area contributed by atoms with Crippen molar-refractivity contribution in [3.05, 3.63) is 63.8 Å². The molecule has 10 nitrogen and oxygen atoms in total. The summed E-state index contributed by atoms with van der Waals surface area (Å²) in [6.45, 7) is 1.98. The van der Waals surface area contributed by atoms with Crippen molar-refractivity contribution in [2.75, 3.05) is 33.2 Å². The number of hydrogen-bond acceptors (Lipinski definition) is 8. The number of ether oxygens (including phenoxy) is 4. The SMILES string of the molecule is COc1cc2oc3c(CC(C)c4ccccc4)c(OC)c(NS(=O)(=O)O)c(OC)c3c(=O)c2cc1OC. The van der Waals surface area contributed by atoms with Gasteiger partial charge < -0.3 is 23.4 Å². The molecule has 1 atom stereocenters. The maximum Gasteiger partial charge on any atom is 0.357 e. The van der Waals surface area contributed by atoms with Crippen LogP contribution < -0.4 is 29.1 Å². The van der Waals surface area contributed by atoms with Gasteiger partial charge in [0.2, 0.25) is 5.43 Å². The maximum absolute atomic E-state index is 13.8. The topological polar surface area (TPSA) is 134 Å². The Morgan fingerprint density at radius 1 is 0.946 bits per heavy atom. The lowest BCUT2D eigenvalue weighted by molar-refractivity contribution is 0.355. The van der Waals surface area contributed by atoms with Gasteiger partial charge in [-0.25, -0.2) is 0 Å². The van der Waals surface area contributed by atoms with Crippen molar-refractivity contribution in [1.82, 2.24) is 0 Å². The largest absolute Gasteiger partial charge is 0.494 e. The van der Waals surface area contributed by atoms with Crippen LogP contribution in [0.2, 0.25) is 0 Å². The van der Waals surface area contributed by atoms with Crippen LogP contribution in [0.25, 0.3) is 21.9 Å². The summed E-state index contributed by atoms with van der Waals surface area (Å²) < 4.78 is 63.5. The molecule has 4 rings (SSSR count). The van der Waals surface area contributed by atoms with Crippen molar-refractivity contribution in [2.24, 2.45) is 0 Å². The highest BCUT2D eigenvalue weighted by Crippen LogP contribution is 2.47. The standard InChI is InChI=1S/C26H27NO9S/c1-14(15-9-7-6-8-10-15)11-17-24-21(26(35-5)22(25(17)34-4)27-37(29,30)31)23(28)16-12-19(32-2)20(33-3)13-18(16)36-24/h6-10,12-14,27H,11H2,1-5H3,(H,29,30,31). The molecule has 0 fully saturated rings. The molecule has 0 bridgehead atoms. The smallest absolute Gasteiger partial charge is 0.357 e. The van der Waals surface area contributed by atoms with Crippen LogP contribution in [0.3, 0.4) is 0 Å². The van der Waals surface area contributed by atoms with Crippen LogP contribution in [-0.4, -0.2) is 41.4 Å². The number of rotatable bonds is 9. The number of hydrogen-bond donors (Lipinski definition) is 2. The molecule has 11 heteroatoms. The van der Waals surface area contributed by atoms with Gasteiger partial charge in [0.25, 0.3) is 0 Å². The Hall–Kier alpha value is -3.96. The van der Waals surface area contributed by atoms with E-state index in [1.165, 1.54) is 34.5 Å². The van der Waals surface area contributed by atoms with Crippen molar-refractivity contribution in [3.63, 3.8) is 0 Å². The summed E-state index contributed by atoms with van der Waals surface area (Å²) >= 11 is 0. The highest BCUT2D eigenvalue weighted by atomic mass is 32.2. The van der Waals surface area contributed by atoms with Crippen LogP contribution >= 0.6 is 0 Å². The van der Waals surface area contributed by atoms with Gasteiger partial charge in [-0.05, 0) is 24.0 Å². The molecule has 196 valence electrons. The fourth-order valence-corrected chi connectivity index (χ4v) is 4.91. The molecule has 0 aliphatic rings. The highest BCUT2D eigenvalue weighted by molar-refractivity contribution is 7.87. The zero-order valence-electron chi connectivity index (χ0n) is 20.9. The lowest BCUT2D eigenvalue weighted by Crippen LogP contribution is -2.16. The molecule has 2 N–H and O–H groups in total. The average Bonchev–Trinajstić information content (AvgIpc) is 2.88. The Morgan fingerprint density at radius 2 is 1.57 bits per heavy atom. The fraction of sp³-hybridized carbons (Fsp3) is 0.269. The van der Waals surface area contributed by atoms with Crippen LogP contribution in [-0.2, 0) is 16.7 Å². The lowest BCUT2D eigenvalue weighted by atomic mass is 9.91. The van der Waals surface area contributed by atoms with Crippen molar-refractivity contribution < 1.29 is 36.3 Å². The summed E-state index contributed by atoms with van der Waals surface area (Å²) in [6, 6.07) is 12.7. The van der Waals surface area contributed by atoms with Gasteiger partial charge in [0.1, 0.15) is 22.2 Å². The first-order chi connectivity index (χ1) is 17.6. The molecule has 1 aromatic heterocycles. The quantitative estimate of drug-likeness (QED) is 0.237. The molecule has 0 saturated heterocycles. The molecule has 4 aromatic rings. The normalized spacial score (nSPS) is 12.4. The minimum atomic E-state index is -4.76. The minimum absolute atomic E-state index is 0.0237. The summed E-state index contributed by atoms with van der Waals surface area (Å²) in [4.78, 5) is 13.8. The van der Waals surface area contributed by atoms with E-state index in [2.05, 4.69) is 0 Å². The first-order valence-corrected chi connectivity index (χ1v) is 12.7. The van der Waals surface area contributed by atoms with Crippen molar-refractivity contribution in [3.8, 4) is 23.0 Å². The summed E-state index contributed by atoms with van der Waals surface area (Å²) in [5.41, 5.74) is 1.08. The number of methoxy groups -OCH3 is 4. The molecule has 1 unspecified atom stereocenters. The van der Waals surface area contributed by atoms with E-state index in [4.69, 9.17) is 23.4 Å². The van der Waals surface area contributed by atoms with Crippen molar-refractivity contribution in [1.29, 1.82) is 0 Å². The first kappa shape index (κ1) is 26.1. The first-order valence-electron chi connectivity index (χ1n) is 11.2. The second kappa shape index (κ2) is 10.2. The Morgan fingerprint density at radius 3 is 2.14 bits per heavy atom. The summed E-state index contributed by atoms with van der Waals surface area (Å²) in [6.07, 6.45) is 0.301. The van der Waals surface area contributed by atoms with Gasteiger partial charge in [-0.1, -0.05) is 37.3 Å². The number of fused-ring (bicyclic) bond motifs is 2. The Kier molecular flexibility index (Phi) is 7.19. The van der Waals surface area contributed by atoms with Gasteiger partial charge in [0, 0.05) is 11.6 Å². The van der Waals surface area contributed by atoms with E-state index < -0.39 is 15.7 Å². The molecule has 0 radical (unpaired) electrons. The molecule has 3 aromatic carbocycles. The van der Waals surface area contributed by atoms with Gasteiger partial charge in [-0.3, -0.25) is 14.1 Å². The monoisotopic (exact) mass is 529 g/mol. The molecule has 0 amide bonds. The number of nitrogens with one attached hydrogen (secondary N) is 1. The maximum atomic E-state index is 13.8. The summed E-state index contributed by atoms with van der Waals surface area (Å²) in [7, 11) is 0.763. The highest BCUT2D eigenvalue weighted by Gasteiger charge is 2.29. The van der Waals surface area contributed by atoms with Gasteiger partial charge in [-0.15, -0.1) is 0 Å². The molecule has 0 aliphatic heterocycles. The predicted molar refractivity (Wildman–Crippen MR) is 140 cm³/mol. The van der Waals surface area contributed by atoms with Crippen molar-refractivity contribution >= 4 is 37.9 Å². The minimum Gasteiger partial charge on any atom is -0.494 e. The zero-order valence-corrected chi connectivity index (χ0v) is 21.8. The van der Waals surface area contributed by atoms with E-state index in [-0.39, 0.29) is 45.0 Å². The molecule has 0 aliphatic carbocycles. The van der Waals surface area contributed by atoms with Crippen LogP contribution in [0.15, 0.2) is 51.7 Å². The molecule has 1 heterocycles. The zero-order chi connectivity index (χ0) is 26.9. The number of benzene rings is 3. The molecular weight excluding hydrogens is 502 g/mol. The van der Waals surface area contributed by atoms with Crippen molar-refractivity contribution in [2.45, 2.75) is 19.3 Å². The fourth-order valence-electron chi connectivity index (χ4n) is 4.46. The summed E-state index contributed by atoms with van der Waals surface area (Å²) in [5.74, 6) is 0.471. The lowest BCUT2D eigenvalue weighted by Gasteiger charge is -2.22. The van der Waals surface area contributed by atoms with E-state index in [1.807, 2.05) is 42.0 Å². The summed E-state index contributed by atoms with van der Waals surface area (Å²) in [5, 5.41) is 0.137. The Bertz CT molecular complexity index is 1630. The average molecular weight is 530 g/mol. The van der Waals surface area contributed by atoms with Crippen LogP contribution in [0, 0.1) is 0 Å². The van der Waals surface area contributed by atoms with Gasteiger partial charge in [0.05, 0.1) is 33.8 Å². The molecule has 0 saturated carbocycles. The second-order valence-corrected chi connectivity index (χ2v) is 9.51. The Labute approximate surface area is 213 Å². The van der Waals surface area contributed by atoms with E-state index >= 15 is 0 Å². The molecular formula is C26H27NO9S. The van der Waals surface area contributed by atoms with E-state index in [0.717, 1.165) is 5.56 Å². The third-order valence-electron chi connectivity index (χ3n) is 6.14. The van der Waals surface area contributed by atoms with E-state index in [0.29, 0.717) is 23.5 Å². The van der Waals surface area contributed by atoms with Gasteiger partial charge in [-0.2, -0.15) is 8.42 Å². The van der Waals surface area contributed by atoms with Crippen LogP contribution in [0.4, 0.5) is 5.69 Å². The van der Waals surface area contributed by atoms with Gasteiger partial charge in [0.15, 0.2) is 23.0 Å². The second-order valence-electron chi connectivity index (χ2n) is 8.35. The van der Waals surface area contributed by atoms with Crippen LogP contribution in [0.5, 0.6) is 23.0 Å². The molecule has 0 spiro atoms.